The molecule has 4 nitrogen and oxygen atoms in total. The Morgan fingerprint density at radius 2 is 1.48 bits per heavy atom. The van der Waals surface area contributed by atoms with Crippen LogP contribution in [0.15, 0.2) is 24.3 Å². The molecule has 2 bridgehead atoms. The van der Waals surface area contributed by atoms with E-state index in [4.69, 9.17) is 15.6 Å². The fourth-order valence-corrected chi connectivity index (χ4v) is 3.58. The van der Waals surface area contributed by atoms with Gasteiger partial charge in [0.25, 0.3) is 0 Å². The van der Waals surface area contributed by atoms with Gasteiger partial charge >= 0.3 is 18.3 Å². The number of rotatable bonds is 2. The van der Waals surface area contributed by atoms with E-state index in [1.54, 1.807) is 12.1 Å². The fourth-order valence-electron chi connectivity index (χ4n) is 3.58. The summed E-state index contributed by atoms with van der Waals surface area (Å²) in [6.07, 6.45) is -4.98. The van der Waals surface area contributed by atoms with Gasteiger partial charge in [0, 0.05) is 24.7 Å². The summed E-state index contributed by atoms with van der Waals surface area (Å²) in [5, 5.41) is 7.12. The highest BCUT2D eigenvalue weighted by atomic mass is 19.4. The number of carboxylic acid groups (broad SMARTS) is 1. The monoisotopic (exact) mass is 398 g/mol. The van der Waals surface area contributed by atoms with Crippen LogP contribution in [0.25, 0.3) is 0 Å². The van der Waals surface area contributed by atoms with Crippen molar-refractivity contribution in [1.82, 2.24) is 4.90 Å². The summed E-state index contributed by atoms with van der Waals surface area (Å²) >= 11 is 0. The fraction of sp³-hybridized carbons (Fsp3) is 0.588. The standard InChI is InChI=1S/C15H19F3N2.C2HF3O2/c16-15(17,18)11-3-1-10(2-4-11)9-20-13-5-6-14(20)8-12(19)7-13;3-2(4,5)1(6)7/h1-4,12-14H,5-9,19H2;(H,6,7)/t12?,13-,14+;. The van der Waals surface area contributed by atoms with Crippen LogP contribution in [0.2, 0.25) is 0 Å². The second kappa shape index (κ2) is 8.05. The van der Waals surface area contributed by atoms with Gasteiger partial charge in [-0.3, -0.25) is 4.90 Å². The Morgan fingerprint density at radius 1 is 1.04 bits per heavy atom. The second-order valence-electron chi connectivity index (χ2n) is 6.79. The Kier molecular flexibility index (Phi) is 6.41. The predicted molar refractivity (Wildman–Crippen MR) is 84.7 cm³/mol. The molecule has 2 saturated heterocycles. The first-order valence-corrected chi connectivity index (χ1v) is 8.35. The van der Waals surface area contributed by atoms with E-state index < -0.39 is 23.9 Å². The normalized spacial score (nSPS) is 25.7. The van der Waals surface area contributed by atoms with Crippen LogP contribution in [-0.4, -0.2) is 40.3 Å². The molecule has 2 heterocycles. The van der Waals surface area contributed by atoms with Crippen LogP contribution in [0.5, 0.6) is 0 Å². The molecule has 2 aliphatic heterocycles. The summed E-state index contributed by atoms with van der Waals surface area (Å²) in [6, 6.07) is 6.83. The minimum Gasteiger partial charge on any atom is -0.475 e. The molecule has 2 aliphatic rings. The van der Waals surface area contributed by atoms with Crippen LogP contribution in [0.4, 0.5) is 26.3 Å². The van der Waals surface area contributed by atoms with Crippen molar-refractivity contribution >= 4 is 5.97 Å². The Morgan fingerprint density at radius 3 is 1.85 bits per heavy atom. The molecule has 0 radical (unpaired) electrons. The first-order chi connectivity index (χ1) is 12.4. The molecule has 0 spiro atoms. The van der Waals surface area contributed by atoms with Crippen molar-refractivity contribution in [2.24, 2.45) is 5.73 Å². The summed E-state index contributed by atoms with van der Waals surface area (Å²) < 4.78 is 69.3. The number of halogens is 6. The van der Waals surface area contributed by atoms with E-state index in [0.29, 0.717) is 12.1 Å². The summed E-state index contributed by atoms with van der Waals surface area (Å²) in [5.41, 5.74) is 6.40. The Labute approximate surface area is 151 Å². The average Bonchev–Trinajstić information content (AvgIpc) is 2.77. The first-order valence-electron chi connectivity index (χ1n) is 8.35. The zero-order chi connectivity index (χ0) is 20.4. The van der Waals surface area contributed by atoms with Crippen molar-refractivity contribution in [2.75, 3.05) is 0 Å². The molecule has 10 heteroatoms. The third-order valence-corrected chi connectivity index (χ3v) is 4.81. The number of fused-ring (bicyclic) bond motifs is 2. The minimum atomic E-state index is -5.08. The number of piperidine rings is 1. The van der Waals surface area contributed by atoms with Crippen LogP contribution in [0.3, 0.4) is 0 Å². The quantitative estimate of drug-likeness (QED) is 0.744. The number of alkyl halides is 6. The van der Waals surface area contributed by atoms with Gasteiger partial charge in [-0.1, -0.05) is 12.1 Å². The lowest BCUT2D eigenvalue weighted by molar-refractivity contribution is -0.192. The van der Waals surface area contributed by atoms with Crippen molar-refractivity contribution < 1.29 is 36.2 Å². The molecule has 152 valence electrons. The number of hydrogen-bond acceptors (Lipinski definition) is 3. The van der Waals surface area contributed by atoms with Gasteiger partial charge in [0.05, 0.1) is 5.56 Å². The van der Waals surface area contributed by atoms with E-state index in [0.717, 1.165) is 24.9 Å². The number of aliphatic carboxylic acids is 1. The third kappa shape index (κ3) is 5.83. The van der Waals surface area contributed by atoms with Gasteiger partial charge in [0.15, 0.2) is 0 Å². The highest BCUT2D eigenvalue weighted by molar-refractivity contribution is 5.73. The van der Waals surface area contributed by atoms with Gasteiger partial charge in [-0.15, -0.1) is 0 Å². The van der Waals surface area contributed by atoms with E-state index >= 15 is 0 Å². The molecule has 0 saturated carbocycles. The zero-order valence-corrected chi connectivity index (χ0v) is 14.2. The SMILES string of the molecule is NC1C[C@H]2CC[C@@H](C1)N2Cc1ccc(C(F)(F)F)cc1.O=C(O)C(F)(F)F. The molecule has 3 N–H and O–H groups in total. The third-order valence-electron chi connectivity index (χ3n) is 4.81. The molecule has 3 rings (SSSR count). The number of carboxylic acids is 1. The van der Waals surface area contributed by atoms with E-state index in [1.165, 1.54) is 25.0 Å². The summed E-state index contributed by atoms with van der Waals surface area (Å²) in [4.78, 5) is 11.3. The first kappa shape index (κ1) is 21.5. The highest BCUT2D eigenvalue weighted by Gasteiger charge is 2.39. The van der Waals surface area contributed by atoms with Crippen LogP contribution in [0, 0.1) is 0 Å². The zero-order valence-electron chi connectivity index (χ0n) is 14.2. The molecular weight excluding hydrogens is 378 g/mol. The van der Waals surface area contributed by atoms with Gasteiger partial charge in [0.2, 0.25) is 0 Å². The number of benzene rings is 1. The molecule has 1 unspecified atom stereocenters. The maximum absolute atomic E-state index is 12.5. The van der Waals surface area contributed by atoms with Crippen LogP contribution in [0.1, 0.15) is 36.8 Å². The van der Waals surface area contributed by atoms with Crippen LogP contribution >= 0.6 is 0 Å². The molecule has 1 aromatic rings. The summed E-state index contributed by atoms with van der Waals surface area (Å²) in [7, 11) is 0. The molecule has 3 atom stereocenters. The Balaban J connectivity index is 0.000000321. The second-order valence-corrected chi connectivity index (χ2v) is 6.79. The maximum Gasteiger partial charge on any atom is 0.490 e. The number of carbonyl (C=O) groups is 1. The van der Waals surface area contributed by atoms with Gasteiger partial charge in [-0.2, -0.15) is 26.3 Å². The molecule has 1 aromatic carbocycles. The molecule has 0 amide bonds. The lowest BCUT2D eigenvalue weighted by Gasteiger charge is -2.37. The molecular formula is C17H20F6N2O2. The van der Waals surface area contributed by atoms with Gasteiger partial charge in [-0.05, 0) is 43.4 Å². The van der Waals surface area contributed by atoms with E-state index in [1.807, 2.05) is 0 Å². The van der Waals surface area contributed by atoms with Gasteiger partial charge in [-0.25, -0.2) is 4.79 Å². The lowest BCUT2D eigenvalue weighted by atomic mass is 9.97. The number of nitrogens with two attached hydrogens (primary N) is 1. The summed E-state index contributed by atoms with van der Waals surface area (Å²) in [5.74, 6) is -2.76. The highest BCUT2D eigenvalue weighted by Crippen LogP contribution is 2.36. The van der Waals surface area contributed by atoms with Crippen LogP contribution in [-0.2, 0) is 17.5 Å². The predicted octanol–water partition coefficient (Wildman–Crippen LogP) is 3.79. The topological polar surface area (TPSA) is 66.6 Å². The molecule has 0 aromatic heterocycles. The smallest absolute Gasteiger partial charge is 0.475 e. The molecule has 27 heavy (non-hydrogen) atoms. The van der Waals surface area contributed by atoms with Crippen molar-refractivity contribution in [3.8, 4) is 0 Å². The van der Waals surface area contributed by atoms with Gasteiger partial charge < -0.3 is 10.8 Å². The van der Waals surface area contributed by atoms with Crippen molar-refractivity contribution in [3.63, 3.8) is 0 Å². The maximum atomic E-state index is 12.5. The van der Waals surface area contributed by atoms with Crippen molar-refractivity contribution in [1.29, 1.82) is 0 Å². The van der Waals surface area contributed by atoms with E-state index in [-0.39, 0.29) is 6.04 Å². The number of nitrogens with zero attached hydrogens (tertiary/aromatic N) is 1. The van der Waals surface area contributed by atoms with Crippen molar-refractivity contribution in [3.05, 3.63) is 35.4 Å². The lowest BCUT2D eigenvalue weighted by Crippen LogP contribution is -2.46. The summed E-state index contributed by atoms with van der Waals surface area (Å²) in [6.45, 7) is 0.736. The van der Waals surface area contributed by atoms with Gasteiger partial charge in [0.1, 0.15) is 0 Å². The Hall–Kier alpha value is -1.81. The van der Waals surface area contributed by atoms with E-state index in [9.17, 15) is 26.3 Å². The van der Waals surface area contributed by atoms with Crippen molar-refractivity contribution in [2.45, 2.75) is 62.7 Å². The molecule has 0 aliphatic carbocycles. The van der Waals surface area contributed by atoms with Crippen LogP contribution < -0.4 is 5.73 Å². The average molecular weight is 398 g/mol. The van der Waals surface area contributed by atoms with E-state index in [2.05, 4.69) is 4.90 Å². The Bertz CT molecular complexity index is 630. The minimum absolute atomic E-state index is 0.288. The molecule has 2 fully saturated rings. The largest absolute Gasteiger partial charge is 0.490 e. The number of hydrogen-bond donors (Lipinski definition) is 2.